The highest BCUT2D eigenvalue weighted by Gasteiger charge is 2.43. The van der Waals surface area contributed by atoms with E-state index in [4.69, 9.17) is 22.1 Å². The van der Waals surface area contributed by atoms with Crippen LogP contribution in [-0.2, 0) is 17.8 Å². The molecule has 0 radical (unpaired) electrons. The Kier molecular flexibility index (Phi) is 5.74. The average Bonchev–Trinajstić information content (AvgIpc) is 2.93. The number of amides is 1. The summed E-state index contributed by atoms with van der Waals surface area (Å²) in [6.07, 6.45) is -2.00. The summed E-state index contributed by atoms with van der Waals surface area (Å²) in [6, 6.07) is 12.1. The van der Waals surface area contributed by atoms with Crippen molar-refractivity contribution in [1.82, 2.24) is 4.90 Å². The fourth-order valence-corrected chi connectivity index (χ4v) is 3.28. The van der Waals surface area contributed by atoms with Crippen molar-refractivity contribution >= 4 is 17.7 Å². The minimum atomic E-state index is -1.40. The molecule has 7 heteroatoms. The number of halogens is 3. The van der Waals surface area contributed by atoms with E-state index in [-0.39, 0.29) is 30.2 Å². The number of nitrogens with zero attached hydrogens (tertiary/aromatic N) is 1. The Morgan fingerprint density at radius 2 is 1.96 bits per heavy atom. The maximum Gasteiger partial charge on any atom is 0.410 e. The third kappa shape index (κ3) is 3.97. The topological polar surface area (TPSA) is 55.6 Å². The zero-order chi connectivity index (χ0) is 18.7. The predicted molar refractivity (Wildman–Crippen MR) is 95.1 cm³/mol. The average molecular weight is 381 g/mol. The number of alkyl halides is 1. The molecule has 2 N–H and O–H groups in total. The van der Waals surface area contributed by atoms with Crippen LogP contribution in [0.15, 0.2) is 48.5 Å². The summed E-state index contributed by atoms with van der Waals surface area (Å²) in [6.45, 7) is -0.109. The molecule has 0 spiro atoms. The lowest BCUT2D eigenvalue weighted by molar-refractivity contribution is 0.0897. The molecule has 1 amide bonds. The molecule has 0 saturated carbocycles. The van der Waals surface area contributed by atoms with Crippen molar-refractivity contribution in [1.29, 1.82) is 0 Å². The number of likely N-dealkylation sites (tertiary alicyclic amines) is 1. The second kappa shape index (κ2) is 8.01. The van der Waals surface area contributed by atoms with Crippen LogP contribution in [0.4, 0.5) is 13.6 Å². The first kappa shape index (κ1) is 18.6. The van der Waals surface area contributed by atoms with Crippen molar-refractivity contribution in [3.8, 4) is 0 Å². The van der Waals surface area contributed by atoms with Gasteiger partial charge in [0.05, 0.1) is 23.7 Å². The first-order chi connectivity index (χ1) is 12.5. The Morgan fingerprint density at radius 3 is 2.69 bits per heavy atom. The number of rotatable bonds is 4. The van der Waals surface area contributed by atoms with E-state index in [0.717, 1.165) is 5.56 Å². The molecule has 2 aromatic rings. The summed E-state index contributed by atoms with van der Waals surface area (Å²) >= 11 is 5.80. The normalized spacial score (nSPS) is 22.5. The molecule has 1 heterocycles. The van der Waals surface area contributed by atoms with E-state index in [1.807, 2.05) is 30.3 Å². The van der Waals surface area contributed by atoms with Gasteiger partial charge < -0.3 is 15.4 Å². The number of ether oxygens (including phenoxy) is 1. The van der Waals surface area contributed by atoms with Gasteiger partial charge in [-0.3, -0.25) is 0 Å². The Morgan fingerprint density at radius 1 is 1.23 bits per heavy atom. The molecular formula is C19H19ClF2N2O2. The third-order valence-corrected chi connectivity index (χ3v) is 4.83. The lowest BCUT2D eigenvalue weighted by Crippen LogP contribution is -2.45. The molecule has 1 aliphatic rings. The van der Waals surface area contributed by atoms with Crippen molar-refractivity contribution in [2.24, 2.45) is 5.73 Å². The van der Waals surface area contributed by atoms with Gasteiger partial charge in [0.15, 0.2) is 0 Å². The standard InChI is InChI=1S/C19H19ClF2N2O2/c20-14-8-4-7-13(17(14)22)9-16-18(23)15(21)10-24(16)19(25)26-11-12-5-2-1-3-6-12/h1-8,15-16,18H,9-11,23H2/t15?,16-,18?/m0/s1. The quantitative estimate of drug-likeness (QED) is 0.879. The summed E-state index contributed by atoms with van der Waals surface area (Å²) in [4.78, 5) is 13.7. The van der Waals surface area contributed by atoms with Crippen LogP contribution in [0.5, 0.6) is 0 Å². The summed E-state index contributed by atoms with van der Waals surface area (Å²) in [5, 5.41) is -0.0240. The fraction of sp³-hybridized carbons (Fsp3) is 0.316. The number of hydrogen-bond acceptors (Lipinski definition) is 3. The monoisotopic (exact) mass is 380 g/mol. The van der Waals surface area contributed by atoms with Gasteiger partial charge in [0.1, 0.15) is 18.6 Å². The van der Waals surface area contributed by atoms with E-state index in [0.29, 0.717) is 0 Å². The maximum atomic E-state index is 14.2. The van der Waals surface area contributed by atoms with Crippen LogP contribution in [-0.4, -0.2) is 35.8 Å². The highest BCUT2D eigenvalue weighted by molar-refractivity contribution is 6.30. The summed E-state index contributed by atoms with van der Waals surface area (Å²) in [7, 11) is 0. The second-order valence-corrected chi connectivity index (χ2v) is 6.68. The number of benzene rings is 2. The van der Waals surface area contributed by atoms with Crippen LogP contribution < -0.4 is 5.73 Å². The minimum Gasteiger partial charge on any atom is -0.445 e. The lowest BCUT2D eigenvalue weighted by Gasteiger charge is -2.26. The predicted octanol–water partition coefficient (Wildman–Crippen LogP) is 3.71. The van der Waals surface area contributed by atoms with Gasteiger partial charge in [0.2, 0.25) is 0 Å². The number of carbonyl (C=O) groups excluding carboxylic acids is 1. The third-order valence-electron chi connectivity index (χ3n) is 4.53. The fourth-order valence-electron chi connectivity index (χ4n) is 3.08. The lowest BCUT2D eigenvalue weighted by atomic mass is 10.00. The Bertz CT molecular complexity index is 775. The zero-order valence-corrected chi connectivity index (χ0v) is 14.7. The van der Waals surface area contributed by atoms with Crippen LogP contribution in [0, 0.1) is 5.82 Å². The summed E-state index contributed by atoms with van der Waals surface area (Å²) < 4.78 is 33.6. The molecule has 3 atom stereocenters. The minimum absolute atomic E-state index is 0.0240. The summed E-state index contributed by atoms with van der Waals surface area (Å²) in [5.41, 5.74) is 7.02. The van der Waals surface area contributed by atoms with E-state index in [9.17, 15) is 13.6 Å². The second-order valence-electron chi connectivity index (χ2n) is 6.27. The molecule has 2 aromatic carbocycles. The van der Waals surface area contributed by atoms with Crippen molar-refractivity contribution in [3.05, 3.63) is 70.5 Å². The molecule has 2 unspecified atom stereocenters. The molecule has 4 nitrogen and oxygen atoms in total. The van der Waals surface area contributed by atoms with E-state index < -0.39 is 30.2 Å². The van der Waals surface area contributed by atoms with Crippen molar-refractivity contribution < 1.29 is 18.3 Å². The molecule has 138 valence electrons. The van der Waals surface area contributed by atoms with Gasteiger partial charge >= 0.3 is 6.09 Å². The first-order valence-corrected chi connectivity index (χ1v) is 8.65. The van der Waals surface area contributed by atoms with Gasteiger partial charge in [0.25, 0.3) is 0 Å². The highest BCUT2D eigenvalue weighted by atomic mass is 35.5. The van der Waals surface area contributed by atoms with Crippen molar-refractivity contribution in [2.75, 3.05) is 6.54 Å². The number of hydrogen-bond donors (Lipinski definition) is 1. The Labute approximate surface area is 155 Å². The van der Waals surface area contributed by atoms with E-state index in [2.05, 4.69) is 0 Å². The van der Waals surface area contributed by atoms with Gasteiger partial charge in [-0.05, 0) is 23.6 Å². The Balaban J connectivity index is 1.72. The van der Waals surface area contributed by atoms with Gasteiger partial charge in [-0.15, -0.1) is 0 Å². The molecule has 1 fully saturated rings. The molecule has 3 rings (SSSR count). The van der Waals surface area contributed by atoms with Crippen LogP contribution in [0.25, 0.3) is 0 Å². The van der Waals surface area contributed by atoms with E-state index >= 15 is 0 Å². The molecule has 0 aromatic heterocycles. The molecule has 0 bridgehead atoms. The SMILES string of the molecule is NC1C(F)CN(C(=O)OCc2ccccc2)[C@H]1Cc1cccc(Cl)c1F. The van der Waals surface area contributed by atoms with Gasteiger partial charge in [0, 0.05) is 0 Å². The Hall–Kier alpha value is -2.18. The van der Waals surface area contributed by atoms with Crippen LogP contribution in [0.3, 0.4) is 0 Å². The summed E-state index contributed by atoms with van der Waals surface area (Å²) in [5.74, 6) is -0.582. The largest absolute Gasteiger partial charge is 0.445 e. The zero-order valence-electron chi connectivity index (χ0n) is 13.9. The van der Waals surface area contributed by atoms with Gasteiger partial charge in [-0.25, -0.2) is 13.6 Å². The number of nitrogens with two attached hydrogens (primary N) is 1. The smallest absolute Gasteiger partial charge is 0.410 e. The molecule has 1 aliphatic heterocycles. The van der Waals surface area contributed by atoms with Crippen LogP contribution in [0.1, 0.15) is 11.1 Å². The highest BCUT2D eigenvalue weighted by Crippen LogP contribution is 2.27. The van der Waals surface area contributed by atoms with E-state index in [1.165, 1.54) is 11.0 Å². The van der Waals surface area contributed by atoms with Crippen molar-refractivity contribution in [3.63, 3.8) is 0 Å². The number of carbonyl (C=O) groups is 1. The van der Waals surface area contributed by atoms with Crippen LogP contribution in [0.2, 0.25) is 5.02 Å². The molecule has 1 saturated heterocycles. The molecule has 0 aliphatic carbocycles. The van der Waals surface area contributed by atoms with E-state index in [1.54, 1.807) is 12.1 Å². The van der Waals surface area contributed by atoms with Gasteiger partial charge in [-0.2, -0.15) is 0 Å². The maximum absolute atomic E-state index is 14.2. The first-order valence-electron chi connectivity index (χ1n) is 8.27. The molecule has 26 heavy (non-hydrogen) atoms. The van der Waals surface area contributed by atoms with Crippen molar-refractivity contribution in [2.45, 2.75) is 31.3 Å². The molecular weight excluding hydrogens is 362 g/mol. The van der Waals surface area contributed by atoms with Crippen LogP contribution >= 0.6 is 11.6 Å². The van der Waals surface area contributed by atoms with Gasteiger partial charge in [-0.1, -0.05) is 54.1 Å².